The second kappa shape index (κ2) is 9.09. The van der Waals surface area contributed by atoms with Crippen LogP contribution in [-0.4, -0.2) is 61.6 Å². The molecule has 1 N–H and O–H groups in total. The van der Waals surface area contributed by atoms with Crippen LogP contribution in [0.4, 0.5) is 4.79 Å². The van der Waals surface area contributed by atoms with Crippen molar-refractivity contribution in [2.45, 2.75) is 45.1 Å². The zero-order chi connectivity index (χ0) is 22.0. The highest BCUT2D eigenvalue weighted by Crippen LogP contribution is 2.31. The second-order valence-corrected chi connectivity index (χ2v) is 8.39. The van der Waals surface area contributed by atoms with Crippen LogP contribution in [0, 0.1) is 0 Å². The normalized spacial score (nSPS) is 21.3. The Morgan fingerprint density at radius 1 is 0.935 bits per heavy atom. The van der Waals surface area contributed by atoms with Crippen molar-refractivity contribution in [2.75, 3.05) is 34.0 Å². The Hall–Kier alpha value is -2.87. The maximum absolute atomic E-state index is 12.8. The third-order valence-electron chi connectivity index (χ3n) is 6.45. The van der Waals surface area contributed by atoms with Crippen LogP contribution in [0.15, 0.2) is 23.8 Å². The molecule has 1 fully saturated rings. The fourth-order valence-corrected chi connectivity index (χ4v) is 4.66. The third kappa shape index (κ3) is 4.30. The second-order valence-electron chi connectivity index (χ2n) is 8.39. The summed E-state index contributed by atoms with van der Waals surface area (Å²) < 4.78 is 10.8. The highest BCUT2D eigenvalue weighted by Gasteiger charge is 2.46. The first-order valence-electron chi connectivity index (χ1n) is 10.9. The number of rotatable bonds is 7. The molecular weight excluding hydrogens is 398 g/mol. The maximum Gasteiger partial charge on any atom is 0.338 e. The van der Waals surface area contributed by atoms with E-state index in [0.717, 1.165) is 52.5 Å². The fraction of sp³-hybridized carbons (Fsp3) is 0.522. The molecule has 4 amide bonds. The molecule has 2 aliphatic heterocycles. The van der Waals surface area contributed by atoms with Crippen molar-refractivity contribution in [3.8, 4) is 11.5 Å². The predicted molar refractivity (Wildman–Crippen MR) is 113 cm³/mol. The number of carbonyl (C=O) groups excluding carboxylic acids is 3. The molecule has 1 saturated heterocycles. The van der Waals surface area contributed by atoms with Crippen molar-refractivity contribution < 1.29 is 28.8 Å². The van der Waals surface area contributed by atoms with Crippen LogP contribution < -0.4 is 14.4 Å². The van der Waals surface area contributed by atoms with Gasteiger partial charge in [0, 0.05) is 18.5 Å². The Bertz CT molecular complexity index is 926. The largest absolute Gasteiger partial charge is 0.493 e. The summed E-state index contributed by atoms with van der Waals surface area (Å²) in [5.74, 6) is -0.0593. The molecule has 1 atom stereocenters. The average molecular weight is 429 g/mol. The minimum atomic E-state index is -0.715. The number of methoxy groups -OCH3 is 2. The molecular formula is C23H30N3O5+. The molecule has 1 aliphatic carbocycles. The molecule has 0 aromatic heterocycles. The molecule has 1 aromatic rings. The summed E-state index contributed by atoms with van der Waals surface area (Å²) in [7, 11) is 3.21. The molecule has 4 rings (SSSR count). The number of fused-ring (bicyclic) bond motifs is 1. The van der Waals surface area contributed by atoms with Crippen LogP contribution in [0.1, 0.15) is 43.2 Å². The van der Waals surface area contributed by atoms with Gasteiger partial charge in [0.2, 0.25) is 0 Å². The van der Waals surface area contributed by atoms with Gasteiger partial charge in [0.15, 0.2) is 18.2 Å². The summed E-state index contributed by atoms with van der Waals surface area (Å²) in [6.07, 6.45) is 8.06. The molecule has 8 heteroatoms. The minimum absolute atomic E-state index is 0.191. The lowest BCUT2D eigenvalue weighted by Crippen LogP contribution is -3.13. The summed E-state index contributed by atoms with van der Waals surface area (Å²) in [6.45, 7) is 1.88. The van der Waals surface area contributed by atoms with E-state index in [0.29, 0.717) is 24.5 Å². The van der Waals surface area contributed by atoms with Gasteiger partial charge in [0.05, 0.1) is 20.8 Å². The van der Waals surface area contributed by atoms with Gasteiger partial charge in [-0.05, 0) is 49.8 Å². The lowest BCUT2D eigenvalue weighted by atomic mass is 9.97. The molecule has 0 saturated carbocycles. The summed E-state index contributed by atoms with van der Waals surface area (Å²) >= 11 is 0. The van der Waals surface area contributed by atoms with Gasteiger partial charge >= 0.3 is 17.8 Å². The molecule has 0 bridgehead atoms. The van der Waals surface area contributed by atoms with Crippen LogP contribution in [0.5, 0.6) is 11.5 Å². The summed E-state index contributed by atoms with van der Waals surface area (Å²) in [6, 6.07) is 3.45. The first kappa shape index (κ1) is 21.4. The number of ether oxygens (including phenoxy) is 2. The number of hydrogen-bond acceptors (Lipinski definition) is 5. The summed E-state index contributed by atoms with van der Waals surface area (Å²) in [4.78, 5) is 41.1. The van der Waals surface area contributed by atoms with Crippen molar-refractivity contribution in [3.63, 3.8) is 0 Å². The van der Waals surface area contributed by atoms with E-state index in [2.05, 4.69) is 6.08 Å². The van der Waals surface area contributed by atoms with Gasteiger partial charge in [0.1, 0.15) is 6.54 Å². The Morgan fingerprint density at radius 3 is 2.32 bits per heavy atom. The average Bonchev–Trinajstić information content (AvgIpc) is 3.00. The van der Waals surface area contributed by atoms with Crippen molar-refractivity contribution in [2.24, 2.45) is 0 Å². The molecule has 2 heterocycles. The number of urea groups is 1. The van der Waals surface area contributed by atoms with Crippen LogP contribution in [0.2, 0.25) is 0 Å². The van der Waals surface area contributed by atoms with E-state index in [-0.39, 0.29) is 13.2 Å². The van der Waals surface area contributed by atoms with E-state index in [1.807, 2.05) is 12.1 Å². The smallest absolute Gasteiger partial charge is 0.338 e. The molecule has 31 heavy (non-hydrogen) atoms. The number of quaternary nitrogens is 1. The molecule has 0 spiro atoms. The van der Waals surface area contributed by atoms with E-state index in [1.165, 1.54) is 17.6 Å². The number of imide groups is 2. The third-order valence-corrected chi connectivity index (χ3v) is 6.45. The highest BCUT2D eigenvalue weighted by molar-refractivity contribution is 6.44. The van der Waals surface area contributed by atoms with Gasteiger partial charge in [-0.1, -0.05) is 11.6 Å². The van der Waals surface area contributed by atoms with E-state index < -0.39 is 17.8 Å². The number of hydrogen-bond donors (Lipinski definition) is 1. The maximum atomic E-state index is 12.8. The number of allylic oxidation sites excluding steroid dienone is 1. The van der Waals surface area contributed by atoms with Gasteiger partial charge in [0.25, 0.3) is 0 Å². The van der Waals surface area contributed by atoms with Gasteiger partial charge in [-0.2, -0.15) is 0 Å². The van der Waals surface area contributed by atoms with Crippen LogP contribution >= 0.6 is 0 Å². The number of nitrogens with zero attached hydrogens (tertiary/aromatic N) is 2. The van der Waals surface area contributed by atoms with Gasteiger partial charge in [-0.3, -0.25) is 14.5 Å². The Morgan fingerprint density at radius 2 is 1.65 bits per heavy atom. The van der Waals surface area contributed by atoms with Gasteiger partial charge in [-0.15, -0.1) is 0 Å². The topological polar surface area (TPSA) is 80.6 Å². The lowest BCUT2D eigenvalue weighted by Gasteiger charge is -2.28. The van der Waals surface area contributed by atoms with Gasteiger partial charge in [-0.25, -0.2) is 9.69 Å². The molecule has 166 valence electrons. The lowest BCUT2D eigenvalue weighted by molar-refractivity contribution is -0.923. The summed E-state index contributed by atoms with van der Waals surface area (Å²) in [5.41, 5.74) is 3.56. The van der Waals surface area contributed by atoms with Crippen LogP contribution in [-0.2, 0) is 22.6 Å². The number of carbonyl (C=O) groups is 3. The summed E-state index contributed by atoms with van der Waals surface area (Å²) in [5, 5.41) is 0. The number of benzene rings is 1. The minimum Gasteiger partial charge on any atom is -0.493 e. The van der Waals surface area contributed by atoms with Crippen molar-refractivity contribution in [1.82, 2.24) is 9.80 Å². The van der Waals surface area contributed by atoms with E-state index >= 15 is 0 Å². The zero-order valence-corrected chi connectivity index (χ0v) is 18.2. The first-order valence-corrected chi connectivity index (χ1v) is 10.9. The quantitative estimate of drug-likeness (QED) is 0.402. The molecule has 1 aromatic carbocycles. The Labute approximate surface area is 182 Å². The standard InChI is InChI=1S/C23H29N3O5/c1-30-19-12-17-9-10-24(14-18(17)13-20(19)31-2)15-26-22(28)21(27)25(23(26)29)11-8-16-6-4-3-5-7-16/h6,12-13H,3-5,7-11,14-15H2,1-2H3/p+1. The van der Waals surface area contributed by atoms with Crippen LogP contribution in [0.3, 0.4) is 0 Å². The van der Waals surface area contributed by atoms with E-state index in [4.69, 9.17) is 9.47 Å². The van der Waals surface area contributed by atoms with Crippen molar-refractivity contribution in [1.29, 1.82) is 0 Å². The fourth-order valence-electron chi connectivity index (χ4n) is 4.66. The van der Waals surface area contributed by atoms with Crippen molar-refractivity contribution >= 4 is 17.8 Å². The number of nitrogens with one attached hydrogen (secondary N) is 1. The Balaban J connectivity index is 1.41. The van der Waals surface area contributed by atoms with Crippen LogP contribution in [0.25, 0.3) is 0 Å². The van der Waals surface area contributed by atoms with E-state index in [9.17, 15) is 14.4 Å². The zero-order valence-electron chi connectivity index (χ0n) is 18.2. The molecule has 0 radical (unpaired) electrons. The number of amides is 4. The molecule has 8 nitrogen and oxygen atoms in total. The first-order chi connectivity index (χ1) is 15.0. The SMILES string of the molecule is COc1cc2c(cc1OC)C[NH+](CN1C(=O)C(=O)N(CCC3=CCCCC3)C1=O)CC2. The van der Waals surface area contributed by atoms with E-state index in [1.54, 1.807) is 14.2 Å². The van der Waals surface area contributed by atoms with Crippen molar-refractivity contribution in [3.05, 3.63) is 34.9 Å². The highest BCUT2D eigenvalue weighted by atomic mass is 16.5. The van der Waals surface area contributed by atoms with Gasteiger partial charge < -0.3 is 14.4 Å². The monoisotopic (exact) mass is 428 g/mol. The predicted octanol–water partition coefficient (Wildman–Crippen LogP) is 1.28. The molecule has 1 unspecified atom stereocenters. The molecule has 3 aliphatic rings. The Kier molecular flexibility index (Phi) is 6.27.